The van der Waals surface area contributed by atoms with Crippen molar-refractivity contribution >= 4 is 5.91 Å². The fourth-order valence-electron chi connectivity index (χ4n) is 1.04. The zero-order valence-corrected chi connectivity index (χ0v) is 5.98. The summed E-state index contributed by atoms with van der Waals surface area (Å²) < 4.78 is 0. The fourth-order valence-corrected chi connectivity index (χ4v) is 1.04. The van der Waals surface area contributed by atoms with E-state index in [0.717, 1.165) is 0 Å². The monoisotopic (exact) mass is 144 g/mol. The first-order chi connectivity index (χ1) is 4.75. The Balaban J connectivity index is 2.55. The molecule has 1 heterocycles. The van der Waals surface area contributed by atoms with Crippen LogP contribution in [0.25, 0.3) is 0 Å². The number of aliphatic hydroxyl groups is 1. The Hall–Kier alpha value is -0.610. The predicted octanol–water partition coefficient (Wildman–Crippen LogP) is -1.69. The largest absolute Gasteiger partial charge is 0.395 e. The summed E-state index contributed by atoms with van der Waals surface area (Å²) in [6.07, 6.45) is 0. The number of carbonyl (C=O) groups excluding carboxylic acids is 1. The zero-order valence-electron chi connectivity index (χ0n) is 5.98. The van der Waals surface area contributed by atoms with Gasteiger partial charge in [-0.15, -0.1) is 0 Å². The number of rotatable bonds is 2. The van der Waals surface area contributed by atoms with Crippen LogP contribution in [0.4, 0.5) is 0 Å². The summed E-state index contributed by atoms with van der Waals surface area (Å²) in [5.74, 6) is -0.0752. The van der Waals surface area contributed by atoms with E-state index in [9.17, 15) is 4.79 Å². The summed E-state index contributed by atoms with van der Waals surface area (Å²) in [6, 6.07) is 0. The van der Waals surface area contributed by atoms with E-state index in [1.54, 1.807) is 7.05 Å². The molecule has 0 aromatic rings. The average Bonchev–Trinajstić information content (AvgIpc) is 1.86. The van der Waals surface area contributed by atoms with Crippen LogP contribution >= 0.6 is 0 Å². The van der Waals surface area contributed by atoms with Gasteiger partial charge in [-0.3, -0.25) is 4.79 Å². The molecule has 1 fully saturated rings. The molecule has 0 unspecified atom stereocenters. The number of amides is 1. The number of nitrogens with one attached hydrogen (secondary N) is 2. The molecule has 4 heteroatoms. The summed E-state index contributed by atoms with van der Waals surface area (Å²) in [5, 5.41) is 14.3. The highest BCUT2D eigenvalue weighted by Crippen LogP contribution is 2.20. The van der Waals surface area contributed by atoms with E-state index in [1.165, 1.54) is 0 Å². The van der Waals surface area contributed by atoms with Gasteiger partial charge in [0, 0.05) is 20.1 Å². The van der Waals surface area contributed by atoms with Gasteiger partial charge in [0.1, 0.15) is 0 Å². The standard InChI is InChI=1S/C6H12N2O2/c1-7-5(10)6(4-9)2-8-3-6/h8-9H,2-4H2,1H3,(H,7,10). The Bertz CT molecular complexity index is 137. The zero-order chi connectivity index (χ0) is 7.61. The van der Waals surface area contributed by atoms with Crippen molar-refractivity contribution in [3.8, 4) is 0 Å². The van der Waals surface area contributed by atoms with Crippen molar-refractivity contribution in [1.29, 1.82) is 0 Å². The van der Waals surface area contributed by atoms with Crippen LogP contribution in [0.15, 0.2) is 0 Å². The highest BCUT2D eigenvalue weighted by Gasteiger charge is 2.42. The van der Waals surface area contributed by atoms with Gasteiger partial charge in [-0.05, 0) is 0 Å². The summed E-state index contributed by atoms with van der Waals surface area (Å²) in [6.45, 7) is 1.10. The lowest BCUT2D eigenvalue weighted by molar-refractivity contribution is -0.136. The predicted molar refractivity (Wildman–Crippen MR) is 36.5 cm³/mol. The van der Waals surface area contributed by atoms with Crippen LogP contribution in [0.3, 0.4) is 0 Å². The van der Waals surface area contributed by atoms with E-state index >= 15 is 0 Å². The van der Waals surface area contributed by atoms with Gasteiger partial charge in [0.05, 0.1) is 12.0 Å². The summed E-state index contributed by atoms with van der Waals surface area (Å²) >= 11 is 0. The summed E-state index contributed by atoms with van der Waals surface area (Å²) in [4.78, 5) is 11.0. The van der Waals surface area contributed by atoms with Gasteiger partial charge in [-0.1, -0.05) is 0 Å². The lowest BCUT2D eigenvalue weighted by Gasteiger charge is -2.38. The molecule has 58 valence electrons. The van der Waals surface area contributed by atoms with Crippen LogP contribution in [0, 0.1) is 5.41 Å². The second-order valence-electron chi connectivity index (χ2n) is 2.62. The molecule has 0 aliphatic carbocycles. The van der Waals surface area contributed by atoms with Crippen LogP contribution in [0.5, 0.6) is 0 Å². The molecule has 1 aliphatic rings. The van der Waals surface area contributed by atoms with E-state index in [4.69, 9.17) is 5.11 Å². The van der Waals surface area contributed by atoms with Gasteiger partial charge < -0.3 is 15.7 Å². The van der Waals surface area contributed by atoms with Crippen molar-refractivity contribution in [3.05, 3.63) is 0 Å². The van der Waals surface area contributed by atoms with E-state index in [-0.39, 0.29) is 12.5 Å². The molecule has 10 heavy (non-hydrogen) atoms. The van der Waals surface area contributed by atoms with Gasteiger partial charge in [0.25, 0.3) is 0 Å². The Morgan fingerprint density at radius 3 is 2.50 bits per heavy atom. The molecular formula is C6H12N2O2. The quantitative estimate of drug-likeness (QED) is 0.433. The van der Waals surface area contributed by atoms with E-state index in [1.807, 2.05) is 0 Å². The third-order valence-corrected chi connectivity index (χ3v) is 1.94. The maximum Gasteiger partial charge on any atom is 0.230 e. The van der Waals surface area contributed by atoms with Crippen LogP contribution in [0.2, 0.25) is 0 Å². The molecule has 1 aliphatic heterocycles. The number of hydrogen-bond donors (Lipinski definition) is 3. The average molecular weight is 144 g/mol. The Morgan fingerprint density at radius 1 is 1.80 bits per heavy atom. The number of carbonyl (C=O) groups is 1. The third kappa shape index (κ3) is 0.892. The molecule has 0 aromatic heterocycles. The molecule has 3 N–H and O–H groups in total. The van der Waals surface area contributed by atoms with Crippen LogP contribution in [-0.4, -0.2) is 37.8 Å². The third-order valence-electron chi connectivity index (χ3n) is 1.94. The van der Waals surface area contributed by atoms with Crippen molar-refractivity contribution in [2.24, 2.45) is 5.41 Å². The van der Waals surface area contributed by atoms with Crippen LogP contribution < -0.4 is 10.6 Å². The van der Waals surface area contributed by atoms with Gasteiger partial charge in [-0.2, -0.15) is 0 Å². The van der Waals surface area contributed by atoms with Crippen molar-refractivity contribution in [2.45, 2.75) is 0 Å². The smallest absolute Gasteiger partial charge is 0.230 e. The van der Waals surface area contributed by atoms with Gasteiger partial charge in [-0.25, -0.2) is 0 Å². The molecule has 0 spiro atoms. The first kappa shape index (κ1) is 7.50. The lowest BCUT2D eigenvalue weighted by Crippen LogP contribution is -2.62. The fraction of sp³-hybridized carbons (Fsp3) is 0.833. The molecule has 0 bridgehead atoms. The molecule has 0 aromatic carbocycles. The lowest BCUT2D eigenvalue weighted by atomic mass is 9.82. The highest BCUT2D eigenvalue weighted by atomic mass is 16.3. The maximum atomic E-state index is 11.0. The number of aliphatic hydroxyl groups excluding tert-OH is 1. The maximum absolute atomic E-state index is 11.0. The highest BCUT2D eigenvalue weighted by molar-refractivity contribution is 5.84. The minimum absolute atomic E-state index is 0.0698. The van der Waals surface area contributed by atoms with E-state index < -0.39 is 5.41 Å². The van der Waals surface area contributed by atoms with Crippen LogP contribution in [-0.2, 0) is 4.79 Å². The Labute approximate surface area is 59.6 Å². The SMILES string of the molecule is CNC(=O)C1(CO)CNC1. The molecule has 0 saturated carbocycles. The first-order valence-electron chi connectivity index (χ1n) is 3.29. The second kappa shape index (κ2) is 2.56. The van der Waals surface area contributed by atoms with Crippen molar-refractivity contribution in [2.75, 3.05) is 26.7 Å². The van der Waals surface area contributed by atoms with Crippen molar-refractivity contribution < 1.29 is 9.90 Å². The van der Waals surface area contributed by atoms with Crippen LogP contribution in [0.1, 0.15) is 0 Å². The minimum atomic E-state index is -0.533. The first-order valence-corrected chi connectivity index (χ1v) is 3.29. The van der Waals surface area contributed by atoms with E-state index in [2.05, 4.69) is 10.6 Å². The van der Waals surface area contributed by atoms with Gasteiger partial charge in [0.15, 0.2) is 0 Å². The van der Waals surface area contributed by atoms with Gasteiger partial charge in [0.2, 0.25) is 5.91 Å². The topological polar surface area (TPSA) is 61.4 Å². The summed E-state index contributed by atoms with van der Waals surface area (Å²) in [5.41, 5.74) is -0.533. The Kier molecular flexibility index (Phi) is 1.92. The molecule has 4 nitrogen and oxygen atoms in total. The second-order valence-corrected chi connectivity index (χ2v) is 2.62. The molecular weight excluding hydrogens is 132 g/mol. The molecule has 1 amide bonds. The van der Waals surface area contributed by atoms with Gasteiger partial charge >= 0.3 is 0 Å². The number of hydrogen-bond acceptors (Lipinski definition) is 3. The molecule has 0 radical (unpaired) electrons. The van der Waals surface area contributed by atoms with Crippen molar-refractivity contribution in [3.63, 3.8) is 0 Å². The van der Waals surface area contributed by atoms with E-state index in [0.29, 0.717) is 13.1 Å². The molecule has 1 saturated heterocycles. The van der Waals surface area contributed by atoms with Crippen molar-refractivity contribution in [1.82, 2.24) is 10.6 Å². The molecule has 1 rings (SSSR count). The Morgan fingerprint density at radius 2 is 2.40 bits per heavy atom. The molecule has 0 atom stereocenters. The minimum Gasteiger partial charge on any atom is -0.395 e. The normalized spacial score (nSPS) is 21.4. The summed E-state index contributed by atoms with van der Waals surface area (Å²) in [7, 11) is 1.58.